The van der Waals surface area contributed by atoms with Crippen LogP contribution < -0.4 is 14.8 Å². The van der Waals surface area contributed by atoms with E-state index in [1.165, 1.54) is 14.2 Å². The first-order valence-electron chi connectivity index (χ1n) is 9.13. The average Bonchev–Trinajstić information content (AvgIpc) is 3.07. The molecule has 0 saturated carbocycles. The van der Waals surface area contributed by atoms with Crippen molar-refractivity contribution in [3.63, 3.8) is 0 Å². The molecule has 1 aliphatic rings. The lowest BCUT2D eigenvalue weighted by Gasteiger charge is -2.28. The lowest BCUT2D eigenvalue weighted by atomic mass is 9.78. The fourth-order valence-electron chi connectivity index (χ4n) is 4.20. The molecule has 1 aliphatic heterocycles. The van der Waals surface area contributed by atoms with Crippen molar-refractivity contribution in [2.24, 2.45) is 0 Å². The maximum Gasteiger partial charge on any atom is 0.326 e. The summed E-state index contributed by atoms with van der Waals surface area (Å²) in [5.74, 6) is -0.203. The summed E-state index contributed by atoms with van der Waals surface area (Å²) >= 11 is 0. The minimum Gasteiger partial charge on any atom is -0.497 e. The van der Waals surface area contributed by atoms with Gasteiger partial charge in [-0.1, -0.05) is 30.3 Å². The zero-order chi connectivity index (χ0) is 21.2. The largest absolute Gasteiger partial charge is 0.497 e. The number of methoxy groups -OCH3 is 3. The van der Waals surface area contributed by atoms with Crippen molar-refractivity contribution in [1.82, 2.24) is 5.32 Å². The van der Waals surface area contributed by atoms with E-state index in [-0.39, 0.29) is 4.92 Å². The maximum absolute atomic E-state index is 12.8. The van der Waals surface area contributed by atoms with E-state index in [1.54, 1.807) is 62.6 Å². The van der Waals surface area contributed by atoms with Gasteiger partial charge >= 0.3 is 5.97 Å². The van der Waals surface area contributed by atoms with E-state index in [0.29, 0.717) is 22.6 Å². The number of nitrogens with zero attached hydrogens (tertiary/aromatic N) is 1. The summed E-state index contributed by atoms with van der Waals surface area (Å²) in [4.78, 5) is 24.7. The Morgan fingerprint density at radius 3 is 2.28 bits per heavy atom. The van der Waals surface area contributed by atoms with Gasteiger partial charge in [0.15, 0.2) is 0 Å². The maximum atomic E-state index is 12.8. The van der Waals surface area contributed by atoms with Gasteiger partial charge < -0.3 is 14.2 Å². The summed E-state index contributed by atoms with van der Waals surface area (Å²) in [7, 11) is 4.33. The molecule has 154 valence electrons. The smallest absolute Gasteiger partial charge is 0.326 e. The van der Waals surface area contributed by atoms with E-state index >= 15 is 0 Å². The van der Waals surface area contributed by atoms with Gasteiger partial charge in [-0.15, -0.1) is 0 Å². The Balaban J connectivity index is 2.18. The molecule has 0 aliphatic carbocycles. The van der Waals surface area contributed by atoms with Crippen LogP contribution in [0.5, 0.6) is 11.5 Å². The monoisotopic (exact) mass is 400 g/mol. The van der Waals surface area contributed by atoms with Gasteiger partial charge in [0.1, 0.15) is 23.1 Å². The quantitative estimate of drug-likeness (QED) is 0.452. The molecule has 0 aromatic heterocycles. The molecule has 0 amide bonds. The molecule has 0 radical (unpaired) electrons. The van der Waals surface area contributed by atoms with Crippen LogP contribution in [0.2, 0.25) is 0 Å². The van der Waals surface area contributed by atoms with Gasteiger partial charge in [-0.25, -0.2) is 0 Å². The Kier molecular flexibility index (Phi) is 5.74. The zero-order valence-electron chi connectivity index (χ0n) is 16.7. The number of benzene rings is 2. The number of esters is 1. The molecule has 0 unspecified atom stereocenters. The molecule has 2 aromatic carbocycles. The van der Waals surface area contributed by atoms with Gasteiger partial charge in [-0.3, -0.25) is 20.2 Å². The second-order valence-corrected chi connectivity index (χ2v) is 7.08. The molecular formula is C21H24N2O6. The highest BCUT2D eigenvalue weighted by atomic mass is 16.6. The average molecular weight is 400 g/mol. The van der Waals surface area contributed by atoms with Gasteiger partial charge in [-0.05, 0) is 30.7 Å². The van der Waals surface area contributed by atoms with Crippen LogP contribution in [0.15, 0.2) is 48.5 Å². The minimum atomic E-state index is -1.31. The highest BCUT2D eigenvalue weighted by Gasteiger charge is 2.62. The molecule has 1 N–H and O–H groups in total. The SMILES string of the molecule is COC(=O)[C@@]1(C)N[C@@H](c2ccccc2OC)[C@@H]([N+](=O)[O-])[C@@H]1c1ccc(OC)cc1. The van der Waals surface area contributed by atoms with Crippen LogP contribution in [0.1, 0.15) is 30.0 Å². The predicted molar refractivity (Wildman–Crippen MR) is 106 cm³/mol. The van der Waals surface area contributed by atoms with Gasteiger partial charge in [-0.2, -0.15) is 0 Å². The zero-order valence-corrected chi connectivity index (χ0v) is 16.7. The molecule has 1 fully saturated rings. The van der Waals surface area contributed by atoms with Crippen LogP contribution in [-0.2, 0) is 9.53 Å². The number of carbonyl (C=O) groups excluding carboxylic acids is 1. The van der Waals surface area contributed by atoms with E-state index < -0.39 is 29.5 Å². The molecule has 4 atom stereocenters. The number of rotatable bonds is 6. The first-order chi connectivity index (χ1) is 13.9. The van der Waals surface area contributed by atoms with Crippen LogP contribution in [0.4, 0.5) is 0 Å². The second kappa shape index (κ2) is 8.08. The van der Waals surface area contributed by atoms with Crippen molar-refractivity contribution in [1.29, 1.82) is 0 Å². The van der Waals surface area contributed by atoms with Crippen molar-refractivity contribution >= 4 is 5.97 Å². The topological polar surface area (TPSA) is 99.9 Å². The summed E-state index contributed by atoms with van der Waals surface area (Å²) < 4.78 is 15.6. The van der Waals surface area contributed by atoms with E-state index in [2.05, 4.69) is 5.32 Å². The molecule has 0 bridgehead atoms. The molecule has 0 spiro atoms. The Hall–Kier alpha value is -3.13. The molecule has 1 heterocycles. The fourth-order valence-corrected chi connectivity index (χ4v) is 4.20. The molecule has 1 saturated heterocycles. The van der Waals surface area contributed by atoms with Gasteiger partial charge in [0.2, 0.25) is 6.04 Å². The number of hydrogen-bond donors (Lipinski definition) is 1. The lowest BCUT2D eigenvalue weighted by Crippen LogP contribution is -2.50. The molecule has 3 rings (SSSR count). The van der Waals surface area contributed by atoms with Gasteiger partial charge in [0.25, 0.3) is 0 Å². The summed E-state index contributed by atoms with van der Waals surface area (Å²) in [6, 6.07) is 12.1. The highest BCUT2D eigenvalue weighted by molar-refractivity contribution is 5.83. The van der Waals surface area contributed by atoms with Crippen molar-refractivity contribution in [2.45, 2.75) is 30.5 Å². The highest BCUT2D eigenvalue weighted by Crippen LogP contribution is 2.48. The summed E-state index contributed by atoms with van der Waals surface area (Å²) in [6.07, 6.45) is 0. The van der Waals surface area contributed by atoms with Crippen molar-refractivity contribution in [3.05, 3.63) is 69.8 Å². The summed E-state index contributed by atoms with van der Waals surface area (Å²) in [6.45, 7) is 1.64. The Labute approximate surface area is 168 Å². The molecule has 2 aromatic rings. The van der Waals surface area contributed by atoms with Gasteiger partial charge in [0, 0.05) is 10.5 Å². The molecule has 8 nitrogen and oxygen atoms in total. The number of hydrogen-bond acceptors (Lipinski definition) is 7. The van der Waals surface area contributed by atoms with E-state index in [0.717, 1.165) is 0 Å². The summed E-state index contributed by atoms with van der Waals surface area (Å²) in [5.41, 5.74) is -0.0554. The number of nitrogens with one attached hydrogen (secondary N) is 1. The first kappa shape index (κ1) is 20.6. The van der Waals surface area contributed by atoms with Crippen LogP contribution in [-0.4, -0.2) is 43.8 Å². The Morgan fingerprint density at radius 2 is 1.72 bits per heavy atom. The standard InChI is InChI=1S/C21H24N2O6/c1-21(20(24)29-4)17(13-9-11-14(27-2)12-10-13)19(23(25)26)18(22-21)15-7-5-6-8-16(15)28-3/h5-12,17-19,22H,1-4H3/t17-,18-,19-,21-/m0/s1. The number of para-hydroxylation sites is 1. The number of carbonyl (C=O) groups is 1. The molecule has 8 heteroatoms. The van der Waals surface area contributed by atoms with E-state index in [1.807, 2.05) is 0 Å². The third-order valence-electron chi connectivity index (χ3n) is 5.56. The minimum absolute atomic E-state index is 0.340. The third-order valence-corrected chi connectivity index (χ3v) is 5.56. The normalized spacial score (nSPS) is 26.0. The third kappa shape index (κ3) is 3.51. The van der Waals surface area contributed by atoms with Crippen LogP contribution >= 0.6 is 0 Å². The number of nitro groups is 1. The Morgan fingerprint density at radius 1 is 1.07 bits per heavy atom. The van der Waals surface area contributed by atoms with Crippen LogP contribution in [0.3, 0.4) is 0 Å². The van der Waals surface area contributed by atoms with Crippen molar-refractivity contribution < 1.29 is 23.9 Å². The first-order valence-corrected chi connectivity index (χ1v) is 9.13. The molecule has 29 heavy (non-hydrogen) atoms. The van der Waals surface area contributed by atoms with Crippen molar-refractivity contribution in [3.8, 4) is 11.5 Å². The predicted octanol–water partition coefficient (Wildman–Crippen LogP) is 2.71. The fraction of sp³-hybridized carbons (Fsp3) is 0.381. The number of ether oxygens (including phenoxy) is 3. The van der Waals surface area contributed by atoms with Crippen LogP contribution in [0.25, 0.3) is 0 Å². The van der Waals surface area contributed by atoms with Gasteiger partial charge in [0.05, 0.1) is 27.2 Å². The van der Waals surface area contributed by atoms with E-state index in [4.69, 9.17) is 14.2 Å². The van der Waals surface area contributed by atoms with Crippen LogP contribution in [0, 0.1) is 10.1 Å². The van der Waals surface area contributed by atoms with E-state index in [9.17, 15) is 14.9 Å². The molecular weight excluding hydrogens is 376 g/mol. The lowest BCUT2D eigenvalue weighted by molar-refractivity contribution is -0.527. The second-order valence-electron chi connectivity index (χ2n) is 7.08. The Bertz CT molecular complexity index is 900. The summed E-state index contributed by atoms with van der Waals surface area (Å²) in [5, 5.41) is 15.4. The van der Waals surface area contributed by atoms with Crippen molar-refractivity contribution in [2.75, 3.05) is 21.3 Å².